The molecule has 2 aromatic rings. The summed E-state index contributed by atoms with van der Waals surface area (Å²) in [6, 6.07) is 20.0. The van der Waals surface area contributed by atoms with Crippen LogP contribution < -0.4 is 5.32 Å². The Hall–Kier alpha value is -1.60. The molecule has 0 aliphatic rings. The van der Waals surface area contributed by atoms with E-state index in [0.717, 1.165) is 19.5 Å². The van der Waals surface area contributed by atoms with E-state index in [1.807, 2.05) is 0 Å². The summed E-state index contributed by atoms with van der Waals surface area (Å²) in [5.74, 6) is 0.545. The Labute approximate surface area is 129 Å². The predicted molar refractivity (Wildman–Crippen MR) is 91.9 cm³/mol. The number of rotatable bonds is 8. The molecule has 1 nitrogen and oxygen atoms in total. The zero-order valence-corrected chi connectivity index (χ0v) is 13.3. The molecule has 0 fully saturated rings. The van der Waals surface area contributed by atoms with Crippen LogP contribution in [0.1, 0.15) is 42.9 Å². The second-order valence-electron chi connectivity index (χ2n) is 5.69. The van der Waals surface area contributed by atoms with E-state index in [1.165, 1.54) is 29.5 Å². The largest absolute Gasteiger partial charge is 0.316 e. The highest BCUT2D eigenvalue weighted by Gasteiger charge is 2.11. The van der Waals surface area contributed by atoms with E-state index in [2.05, 4.69) is 73.8 Å². The number of nitrogens with one attached hydrogen (secondary N) is 1. The van der Waals surface area contributed by atoms with Crippen LogP contribution >= 0.6 is 0 Å². The van der Waals surface area contributed by atoms with E-state index < -0.39 is 0 Å². The van der Waals surface area contributed by atoms with E-state index in [-0.39, 0.29) is 0 Å². The van der Waals surface area contributed by atoms with E-state index >= 15 is 0 Å². The number of hydrogen-bond acceptors (Lipinski definition) is 1. The first-order valence-electron chi connectivity index (χ1n) is 8.17. The second kappa shape index (κ2) is 8.63. The second-order valence-corrected chi connectivity index (χ2v) is 5.69. The first kappa shape index (κ1) is 15.8. The Morgan fingerprint density at radius 2 is 1.52 bits per heavy atom. The normalized spacial score (nSPS) is 12.3. The summed E-state index contributed by atoms with van der Waals surface area (Å²) in [5.41, 5.74) is 4.31. The van der Waals surface area contributed by atoms with Gasteiger partial charge in [0.25, 0.3) is 0 Å². The third kappa shape index (κ3) is 5.02. The van der Waals surface area contributed by atoms with Gasteiger partial charge in [-0.2, -0.15) is 0 Å². The van der Waals surface area contributed by atoms with Gasteiger partial charge in [0.1, 0.15) is 0 Å². The fourth-order valence-corrected chi connectivity index (χ4v) is 2.77. The molecule has 0 aliphatic carbocycles. The molecule has 0 amide bonds. The standard InChI is InChI=1S/C20H27N/c1-3-8-17-11-13-18(14-12-17)15-20(16-21-4-2)19-9-6-5-7-10-19/h5-7,9-14,20-21H,3-4,8,15-16H2,1-2H3. The summed E-state index contributed by atoms with van der Waals surface area (Å²) in [4.78, 5) is 0. The molecule has 1 unspecified atom stereocenters. The molecular formula is C20H27N. The van der Waals surface area contributed by atoms with E-state index in [0.29, 0.717) is 5.92 Å². The predicted octanol–water partition coefficient (Wildman–Crippen LogP) is 4.57. The van der Waals surface area contributed by atoms with Crippen LogP contribution in [-0.4, -0.2) is 13.1 Å². The quantitative estimate of drug-likeness (QED) is 0.747. The minimum absolute atomic E-state index is 0.545. The lowest BCUT2D eigenvalue weighted by Crippen LogP contribution is -2.22. The summed E-state index contributed by atoms with van der Waals surface area (Å²) >= 11 is 0. The van der Waals surface area contributed by atoms with Crippen molar-refractivity contribution in [1.82, 2.24) is 5.32 Å². The highest BCUT2D eigenvalue weighted by Crippen LogP contribution is 2.21. The highest BCUT2D eigenvalue weighted by molar-refractivity contribution is 5.27. The molecule has 2 aromatic carbocycles. The molecule has 0 saturated carbocycles. The maximum absolute atomic E-state index is 3.50. The topological polar surface area (TPSA) is 12.0 Å². The van der Waals surface area contributed by atoms with Crippen LogP contribution in [0.5, 0.6) is 0 Å². The SMILES string of the molecule is CCCc1ccc(CC(CNCC)c2ccccc2)cc1. The van der Waals surface area contributed by atoms with Crippen molar-refractivity contribution >= 4 is 0 Å². The minimum Gasteiger partial charge on any atom is -0.316 e. The van der Waals surface area contributed by atoms with Gasteiger partial charge in [-0.25, -0.2) is 0 Å². The average Bonchev–Trinajstić information content (AvgIpc) is 2.54. The summed E-state index contributed by atoms with van der Waals surface area (Å²) in [6.45, 7) is 6.47. The summed E-state index contributed by atoms with van der Waals surface area (Å²) in [6.07, 6.45) is 3.50. The summed E-state index contributed by atoms with van der Waals surface area (Å²) in [7, 11) is 0. The monoisotopic (exact) mass is 281 g/mol. The zero-order chi connectivity index (χ0) is 14.9. The third-order valence-electron chi connectivity index (χ3n) is 3.96. The Bertz CT molecular complexity index is 501. The van der Waals surface area contributed by atoms with Crippen LogP contribution in [0.15, 0.2) is 54.6 Å². The van der Waals surface area contributed by atoms with Crippen molar-refractivity contribution in [2.75, 3.05) is 13.1 Å². The molecule has 0 heterocycles. The lowest BCUT2D eigenvalue weighted by Gasteiger charge is -2.18. The first-order chi connectivity index (χ1) is 10.3. The molecule has 0 aliphatic heterocycles. The van der Waals surface area contributed by atoms with Gasteiger partial charge in [0.2, 0.25) is 0 Å². The van der Waals surface area contributed by atoms with Gasteiger partial charge in [-0.15, -0.1) is 0 Å². The highest BCUT2D eigenvalue weighted by atomic mass is 14.8. The Balaban J connectivity index is 2.07. The fraction of sp³-hybridized carbons (Fsp3) is 0.400. The van der Waals surface area contributed by atoms with Crippen molar-refractivity contribution in [2.45, 2.75) is 39.0 Å². The van der Waals surface area contributed by atoms with Gasteiger partial charge in [-0.3, -0.25) is 0 Å². The van der Waals surface area contributed by atoms with Crippen LogP contribution in [0.3, 0.4) is 0 Å². The van der Waals surface area contributed by atoms with Crippen molar-refractivity contribution in [1.29, 1.82) is 0 Å². The van der Waals surface area contributed by atoms with Crippen molar-refractivity contribution in [3.63, 3.8) is 0 Å². The lowest BCUT2D eigenvalue weighted by atomic mass is 9.91. The van der Waals surface area contributed by atoms with Crippen LogP contribution in [-0.2, 0) is 12.8 Å². The van der Waals surface area contributed by atoms with Gasteiger partial charge in [0, 0.05) is 12.5 Å². The molecule has 1 heteroatoms. The van der Waals surface area contributed by atoms with Gasteiger partial charge < -0.3 is 5.32 Å². The van der Waals surface area contributed by atoms with Crippen LogP contribution in [0.4, 0.5) is 0 Å². The fourth-order valence-electron chi connectivity index (χ4n) is 2.77. The molecule has 112 valence electrons. The molecule has 2 rings (SSSR count). The van der Waals surface area contributed by atoms with E-state index in [4.69, 9.17) is 0 Å². The average molecular weight is 281 g/mol. The Morgan fingerprint density at radius 1 is 0.857 bits per heavy atom. The van der Waals surface area contributed by atoms with Crippen molar-refractivity contribution < 1.29 is 0 Å². The smallest absolute Gasteiger partial charge is 0.00232 e. The minimum atomic E-state index is 0.545. The Morgan fingerprint density at radius 3 is 2.14 bits per heavy atom. The maximum Gasteiger partial charge on any atom is 0.00232 e. The van der Waals surface area contributed by atoms with Crippen molar-refractivity contribution in [2.24, 2.45) is 0 Å². The maximum atomic E-state index is 3.50. The Kier molecular flexibility index (Phi) is 6.49. The molecule has 0 aromatic heterocycles. The molecule has 1 atom stereocenters. The molecule has 0 saturated heterocycles. The van der Waals surface area contributed by atoms with E-state index in [1.54, 1.807) is 0 Å². The summed E-state index contributed by atoms with van der Waals surface area (Å²) < 4.78 is 0. The van der Waals surface area contributed by atoms with Crippen molar-refractivity contribution in [3.8, 4) is 0 Å². The zero-order valence-electron chi connectivity index (χ0n) is 13.3. The van der Waals surface area contributed by atoms with Crippen LogP contribution in [0.2, 0.25) is 0 Å². The first-order valence-corrected chi connectivity index (χ1v) is 8.17. The lowest BCUT2D eigenvalue weighted by molar-refractivity contribution is 0.595. The molecule has 1 N–H and O–H groups in total. The third-order valence-corrected chi connectivity index (χ3v) is 3.96. The molecule has 21 heavy (non-hydrogen) atoms. The number of aryl methyl sites for hydroxylation is 1. The van der Waals surface area contributed by atoms with Gasteiger partial charge in [-0.05, 0) is 36.1 Å². The molecule has 0 radical (unpaired) electrons. The molecular weight excluding hydrogens is 254 g/mol. The number of hydrogen-bond donors (Lipinski definition) is 1. The summed E-state index contributed by atoms with van der Waals surface area (Å²) in [5, 5.41) is 3.50. The van der Waals surface area contributed by atoms with Gasteiger partial charge in [-0.1, -0.05) is 74.9 Å². The molecule has 0 spiro atoms. The molecule has 0 bridgehead atoms. The van der Waals surface area contributed by atoms with Crippen LogP contribution in [0, 0.1) is 0 Å². The van der Waals surface area contributed by atoms with E-state index in [9.17, 15) is 0 Å². The van der Waals surface area contributed by atoms with Gasteiger partial charge in [0.15, 0.2) is 0 Å². The van der Waals surface area contributed by atoms with Gasteiger partial charge in [0.05, 0.1) is 0 Å². The van der Waals surface area contributed by atoms with Crippen LogP contribution in [0.25, 0.3) is 0 Å². The number of likely N-dealkylation sites (N-methyl/N-ethyl adjacent to an activating group) is 1. The number of benzene rings is 2. The van der Waals surface area contributed by atoms with Gasteiger partial charge >= 0.3 is 0 Å². The van der Waals surface area contributed by atoms with Crippen molar-refractivity contribution in [3.05, 3.63) is 71.3 Å².